The number of imide groups is 2. The largest absolute Gasteiger partial charge is 0.379 e. The van der Waals surface area contributed by atoms with Crippen molar-refractivity contribution in [2.24, 2.45) is 41.2 Å². The van der Waals surface area contributed by atoms with Gasteiger partial charge in [0.05, 0.1) is 26.3 Å². The van der Waals surface area contributed by atoms with Crippen LogP contribution in [0.15, 0.2) is 24.3 Å². The Morgan fingerprint density at radius 1 is 0.612 bits per heavy atom. The summed E-state index contributed by atoms with van der Waals surface area (Å²) in [6, 6.07) is 0. The van der Waals surface area contributed by atoms with Crippen molar-refractivity contribution in [2.45, 2.75) is 116 Å². The first-order chi connectivity index (χ1) is 32.1. The molecule has 0 saturated heterocycles. The lowest BCUT2D eigenvalue weighted by molar-refractivity contribution is -0.139. The molecule has 2 aliphatic heterocycles. The number of unbranched alkanes of at least 4 members (excludes halogenated alkanes) is 2. The van der Waals surface area contributed by atoms with Gasteiger partial charge in [-0.1, -0.05) is 12.8 Å². The molecule has 4 rings (SSSR count). The summed E-state index contributed by atoms with van der Waals surface area (Å²) in [6.45, 7) is 3.00. The maximum absolute atomic E-state index is 13.7. The number of hydrogen-bond acceptors (Lipinski definition) is 13. The zero-order chi connectivity index (χ0) is 48.7. The van der Waals surface area contributed by atoms with Crippen LogP contribution in [0.4, 0.5) is 0 Å². The summed E-state index contributed by atoms with van der Waals surface area (Å²) in [5.74, 6) is -4.11. The minimum absolute atomic E-state index is 0.0000640. The average molecular weight is 938 g/mol. The van der Waals surface area contributed by atoms with Gasteiger partial charge in [-0.05, 0) is 95.8 Å². The van der Waals surface area contributed by atoms with Gasteiger partial charge in [0.15, 0.2) is 0 Å². The quantitative estimate of drug-likeness (QED) is 0.0486. The molecule has 2 aliphatic carbocycles. The van der Waals surface area contributed by atoms with E-state index in [0.29, 0.717) is 96.7 Å². The Kier molecular flexibility index (Phi) is 23.2. The first-order valence-corrected chi connectivity index (χ1v) is 24.1. The second kappa shape index (κ2) is 28.7. The molecule has 0 aromatic rings. The van der Waals surface area contributed by atoms with E-state index in [1.54, 1.807) is 0 Å². The predicted molar refractivity (Wildman–Crippen MR) is 244 cm³/mol. The number of nitrogens with two attached hydrogens (primary N) is 1. The highest BCUT2D eigenvalue weighted by Crippen LogP contribution is 2.33. The van der Waals surface area contributed by atoms with Crippen molar-refractivity contribution in [1.82, 2.24) is 31.1 Å². The Bertz CT molecular complexity index is 1810. The van der Waals surface area contributed by atoms with Gasteiger partial charge >= 0.3 is 0 Å². The van der Waals surface area contributed by atoms with Crippen LogP contribution in [0.3, 0.4) is 0 Å². The van der Waals surface area contributed by atoms with E-state index >= 15 is 0 Å². The highest BCUT2D eigenvalue weighted by Gasteiger charge is 2.34. The highest BCUT2D eigenvalue weighted by atomic mass is 16.5. The summed E-state index contributed by atoms with van der Waals surface area (Å²) in [4.78, 5) is 140. The molecule has 2 fully saturated rings. The van der Waals surface area contributed by atoms with E-state index in [0.717, 1.165) is 12.8 Å². The topological polar surface area (TPSA) is 278 Å². The van der Waals surface area contributed by atoms with Crippen molar-refractivity contribution in [3.05, 3.63) is 24.3 Å². The number of ether oxygens (including phenoxy) is 1. The lowest BCUT2D eigenvalue weighted by Gasteiger charge is -2.30. The van der Waals surface area contributed by atoms with Crippen LogP contribution in [-0.2, 0) is 57.5 Å². The Hall–Kier alpha value is -5.43. The summed E-state index contributed by atoms with van der Waals surface area (Å²) in [6.07, 6.45) is 13.5. The Morgan fingerprint density at radius 2 is 1.10 bits per heavy atom. The molecule has 370 valence electrons. The van der Waals surface area contributed by atoms with E-state index < -0.39 is 17.7 Å². The lowest BCUT2D eigenvalue weighted by atomic mass is 9.77. The lowest BCUT2D eigenvalue weighted by Crippen LogP contribution is -2.38. The first-order valence-electron chi connectivity index (χ1n) is 24.1. The molecule has 2 heterocycles. The van der Waals surface area contributed by atoms with Gasteiger partial charge in [0.1, 0.15) is 17.3 Å². The standard InChI is InChI=1S/C48H71N7O12/c1-32(56)29-53-48(66)37(26-39(57)20-24-67-25-23-50-41(59)28-49)6-2-4-22-52-47(65)38(27-40(58)35-12-8-33(9-13-35)30-54-42(60)16-17-43(54)61)7-3-5-21-51-46(64)36-14-10-34(11-15-36)31-55-44(62)18-19-45(55)63/h16-19,33-38H,2-15,20-31,49H2,1H3,(H,50,59)(H,51,64)(H,52,65)(H,53,66). The highest BCUT2D eigenvalue weighted by molar-refractivity contribution is 6.13. The van der Waals surface area contributed by atoms with Gasteiger partial charge in [-0.15, -0.1) is 0 Å². The van der Waals surface area contributed by atoms with E-state index in [-0.39, 0.29) is 141 Å². The predicted octanol–water partition coefficient (Wildman–Crippen LogP) is 1.36. The number of ketones is 3. The minimum Gasteiger partial charge on any atom is -0.379 e. The molecule has 0 aromatic carbocycles. The first kappa shape index (κ1) is 54.2. The van der Waals surface area contributed by atoms with Crippen LogP contribution in [0.1, 0.15) is 116 Å². The zero-order valence-corrected chi connectivity index (χ0v) is 39.0. The molecule has 6 N–H and O–H groups in total. The van der Waals surface area contributed by atoms with Gasteiger partial charge < -0.3 is 31.7 Å². The van der Waals surface area contributed by atoms with Gasteiger partial charge in [-0.2, -0.15) is 0 Å². The molecule has 0 aromatic heterocycles. The zero-order valence-electron chi connectivity index (χ0n) is 39.0. The van der Waals surface area contributed by atoms with Crippen molar-refractivity contribution >= 4 is 64.6 Å². The summed E-state index contributed by atoms with van der Waals surface area (Å²) in [5.41, 5.74) is 5.26. The number of carbonyl (C=O) groups is 11. The fourth-order valence-electron chi connectivity index (χ4n) is 9.17. The van der Waals surface area contributed by atoms with Gasteiger partial charge in [0.2, 0.25) is 23.6 Å². The number of amides is 8. The number of Topliss-reactive ketones (excluding diaryl/α,β-unsaturated/α-hetero) is 3. The van der Waals surface area contributed by atoms with Crippen LogP contribution in [0.5, 0.6) is 0 Å². The van der Waals surface area contributed by atoms with Crippen LogP contribution < -0.4 is 27.0 Å². The number of nitrogens with one attached hydrogen (secondary N) is 4. The van der Waals surface area contributed by atoms with Gasteiger partial charge in [0.25, 0.3) is 23.6 Å². The molecule has 19 heteroatoms. The SMILES string of the molecule is CC(=O)CNC(=O)C(CCCCNC(=O)C(CCCCNC(=O)C1CCC(CN2C(=O)C=CC2=O)CC1)CC(=O)C1CCC(CN2C(=O)C=CC2=O)CC1)CC(=O)CCOCCNC(=O)CN. The third-order valence-corrected chi connectivity index (χ3v) is 13.2. The van der Waals surface area contributed by atoms with Gasteiger partial charge in [0, 0.05) is 100.0 Å². The van der Waals surface area contributed by atoms with E-state index in [1.165, 1.54) is 41.0 Å². The smallest absolute Gasteiger partial charge is 0.253 e. The van der Waals surface area contributed by atoms with Crippen molar-refractivity contribution < 1.29 is 57.5 Å². The van der Waals surface area contributed by atoms with E-state index in [2.05, 4.69) is 21.3 Å². The molecule has 2 atom stereocenters. The van der Waals surface area contributed by atoms with E-state index in [9.17, 15) is 52.7 Å². The van der Waals surface area contributed by atoms with Crippen LogP contribution in [0.2, 0.25) is 0 Å². The van der Waals surface area contributed by atoms with Crippen molar-refractivity contribution in [1.29, 1.82) is 0 Å². The summed E-state index contributed by atoms with van der Waals surface area (Å²) < 4.78 is 5.42. The summed E-state index contributed by atoms with van der Waals surface area (Å²) in [5, 5.41) is 11.2. The fraction of sp³-hybridized carbons (Fsp3) is 0.688. The van der Waals surface area contributed by atoms with Crippen LogP contribution in [-0.4, -0.2) is 133 Å². The second-order valence-corrected chi connectivity index (χ2v) is 18.4. The summed E-state index contributed by atoms with van der Waals surface area (Å²) >= 11 is 0. The van der Waals surface area contributed by atoms with E-state index in [1.807, 2.05) is 0 Å². The monoisotopic (exact) mass is 938 g/mol. The number of carbonyl (C=O) groups excluding carboxylic acids is 11. The van der Waals surface area contributed by atoms with Crippen molar-refractivity contribution in [3.63, 3.8) is 0 Å². The third-order valence-electron chi connectivity index (χ3n) is 13.2. The molecule has 0 bridgehead atoms. The fourth-order valence-corrected chi connectivity index (χ4v) is 9.17. The molecule has 0 radical (unpaired) electrons. The molecule has 2 saturated carbocycles. The molecule has 67 heavy (non-hydrogen) atoms. The molecular formula is C48H71N7O12. The minimum atomic E-state index is -0.688. The second-order valence-electron chi connectivity index (χ2n) is 18.4. The van der Waals surface area contributed by atoms with Crippen molar-refractivity contribution in [3.8, 4) is 0 Å². The molecule has 8 amide bonds. The molecule has 2 unspecified atom stereocenters. The molecular weight excluding hydrogens is 867 g/mol. The van der Waals surface area contributed by atoms with Crippen LogP contribution in [0.25, 0.3) is 0 Å². The van der Waals surface area contributed by atoms with E-state index in [4.69, 9.17) is 10.5 Å². The molecule has 19 nitrogen and oxygen atoms in total. The number of rotatable bonds is 31. The Balaban J connectivity index is 1.23. The molecule has 4 aliphatic rings. The number of nitrogens with zero attached hydrogens (tertiary/aromatic N) is 2. The summed E-state index contributed by atoms with van der Waals surface area (Å²) in [7, 11) is 0. The Labute approximate surface area is 392 Å². The Morgan fingerprint density at radius 3 is 1.63 bits per heavy atom. The van der Waals surface area contributed by atoms with Gasteiger partial charge in [-0.3, -0.25) is 62.5 Å². The van der Waals surface area contributed by atoms with Crippen LogP contribution in [0, 0.1) is 35.5 Å². The van der Waals surface area contributed by atoms with Gasteiger partial charge in [-0.25, -0.2) is 0 Å². The molecule has 0 spiro atoms. The third kappa shape index (κ3) is 19.0. The van der Waals surface area contributed by atoms with Crippen LogP contribution >= 0.6 is 0 Å². The average Bonchev–Trinajstić information content (AvgIpc) is 3.81. The maximum atomic E-state index is 13.7. The van der Waals surface area contributed by atoms with Crippen molar-refractivity contribution in [2.75, 3.05) is 59.0 Å². The maximum Gasteiger partial charge on any atom is 0.253 e. The normalized spacial score (nSPS) is 21.3. The number of hydrogen-bond donors (Lipinski definition) is 5.